The highest BCUT2D eigenvalue weighted by Crippen LogP contribution is 2.40. The van der Waals surface area contributed by atoms with Gasteiger partial charge in [0.2, 0.25) is 10.0 Å². The van der Waals surface area contributed by atoms with Crippen LogP contribution < -0.4 is 10.5 Å². The molecule has 0 radical (unpaired) electrons. The predicted octanol–water partition coefficient (Wildman–Crippen LogP) is 1.22. The van der Waals surface area contributed by atoms with Gasteiger partial charge in [0.05, 0.1) is 5.75 Å². The van der Waals surface area contributed by atoms with Crippen molar-refractivity contribution in [3.8, 4) is 0 Å². The molecule has 0 aromatic carbocycles. The van der Waals surface area contributed by atoms with E-state index in [-0.39, 0.29) is 11.2 Å². The van der Waals surface area contributed by atoms with Crippen LogP contribution in [0.3, 0.4) is 0 Å². The van der Waals surface area contributed by atoms with Gasteiger partial charge in [0.15, 0.2) is 0 Å². The molecule has 1 aliphatic rings. The first-order valence-electron chi connectivity index (χ1n) is 6.21. The van der Waals surface area contributed by atoms with Crippen molar-refractivity contribution in [2.24, 2.45) is 11.1 Å². The molecule has 0 aromatic rings. The molecular weight excluding hydrogens is 224 g/mol. The molecule has 0 heterocycles. The van der Waals surface area contributed by atoms with Gasteiger partial charge >= 0.3 is 0 Å². The van der Waals surface area contributed by atoms with Gasteiger partial charge in [-0.15, -0.1) is 0 Å². The molecule has 1 rings (SSSR count). The van der Waals surface area contributed by atoms with Crippen LogP contribution >= 0.6 is 0 Å². The topological polar surface area (TPSA) is 72.2 Å². The molecule has 16 heavy (non-hydrogen) atoms. The quantitative estimate of drug-likeness (QED) is 0.711. The first-order valence-corrected chi connectivity index (χ1v) is 7.86. The van der Waals surface area contributed by atoms with E-state index in [9.17, 15) is 8.42 Å². The Kier molecular flexibility index (Phi) is 5.21. The summed E-state index contributed by atoms with van der Waals surface area (Å²) in [5.74, 6) is 0.156. The second-order valence-electron chi connectivity index (χ2n) is 4.84. The van der Waals surface area contributed by atoms with E-state index >= 15 is 0 Å². The van der Waals surface area contributed by atoms with Gasteiger partial charge in [-0.25, -0.2) is 13.1 Å². The predicted molar refractivity (Wildman–Crippen MR) is 66.7 cm³/mol. The third kappa shape index (κ3) is 4.03. The van der Waals surface area contributed by atoms with Crippen LogP contribution in [-0.2, 0) is 10.0 Å². The maximum absolute atomic E-state index is 11.6. The number of nitrogens with two attached hydrogens (primary N) is 1. The zero-order chi connectivity index (χ0) is 12.1. The highest BCUT2D eigenvalue weighted by molar-refractivity contribution is 7.89. The summed E-state index contributed by atoms with van der Waals surface area (Å²) < 4.78 is 26.0. The van der Waals surface area contributed by atoms with E-state index in [4.69, 9.17) is 5.73 Å². The lowest BCUT2D eigenvalue weighted by Crippen LogP contribution is -2.37. The van der Waals surface area contributed by atoms with E-state index in [1.54, 1.807) is 0 Å². The molecule has 0 aromatic heterocycles. The summed E-state index contributed by atoms with van der Waals surface area (Å²) in [7, 11) is -3.11. The lowest BCUT2D eigenvalue weighted by molar-refractivity contribution is 0.285. The summed E-state index contributed by atoms with van der Waals surface area (Å²) in [4.78, 5) is 0. The Morgan fingerprint density at radius 3 is 2.44 bits per heavy atom. The molecular formula is C11H24N2O2S. The zero-order valence-electron chi connectivity index (χ0n) is 10.2. The minimum Gasteiger partial charge on any atom is -0.330 e. The molecule has 0 saturated heterocycles. The fraction of sp³-hybridized carbons (Fsp3) is 1.00. The lowest BCUT2D eigenvalue weighted by atomic mass is 9.84. The summed E-state index contributed by atoms with van der Waals surface area (Å²) in [6.07, 6.45) is 6.38. The van der Waals surface area contributed by atoms with Crippen LogP contribution in [0.5, 0.6) is 0 Å². The first kappa shape index (κ1) is 13.9. The van der Waals surface area contributed by atoms with E-state index < -0.39 is 10.0 Å². The minimum atomic E-state index is -3.11. The largest absolute Gasteiger partial charge is 0.330 e. The average Bonchev–Trinajstić information content (AvgIpc) is 2.74. The zero-order valence-corrected chi connectivity index (χ0v) is 11.0. The van der Waals surface area contributed by atoms with Crippen molar-refractivity contribution in [2.45, 2.75) is 45.4 Å². The van der Waals surface area contributed by atoms with Crippen LogP contribution in [-0.4, -0.2) is 27.3 Å². The smallest absolute Gasteiger partial charge is 0.211 e. The standard InChI is InChI=1S/C11H24N2O2S/c1-2-11(6-3-4-7-11)10-13-16(14,15)9-5-8-12/h13H,2-10,12H2,1H3. The summed E-state index contributed by atoms with van der Waals surface area (Å²) in [6, 6.07) is 0. The Bertz CT molecular complexity index is 295. The molecule has 0 bridgehead atoms. The highest BCUT2D eigenvalue weighted by atomic mass is 32.2. The SMILES string of the molecule is CCC1(CNS(=O)(=O)CCCN)CCCC1. The van der Waals surface area contributed by atoms with Gasteiger partial charge in [0.25, 0.3) is 0 Å². The molecule has 0 unspecified atom stereocenters. The third-order valence-corrected chi connectivity index (χ3v) is 5.11. The fourth-order valence-electron chi connectivity index (χ4n) is 2.39. The molecule has 4 nitrogen and oxygen atoms in total. The van der Waals surface area contributed by atoms with Crippen molar-refractivity contribution in [3.63, 3.8) is 0 Å². The Morgan fingerprint density at radius 2 is 1.94 bits per heavy atom. The van der Waals surface area contributed by atoms with Gasteiger partial charge < -0.3 is 5.73 Å². The van der Waals surface area contributed by atoms with Crippen molar-refractivity contribution in [3.05, 3.63) is 0 Å². The van der Waals surface area contributed by atoms with Gasteiger partial charge in [-0.05, 0) is 37.6 Å². The maximum Gasteiger partial charge on any atom is 0.211 e. The van der Waals surface area contributed by atoms with Crippen LogP contribution in [0.25, 0.3) is 0 Å². The van der Waals surface area contributed by atoms with Gasteiger partial charge in [-0.2, -0.15) is 0 Å². The summed E-state index contributed by atoms with van der Waals surface area (Å²) in [5.41, 5.74) is 5.53. The van der Waals surface area contributed by atoms with Crippen molar-refractivity contribution < 1.29 is 8.42 Å². The Hall–Kier alpha value is -0.130. The molecule has 0 aliphatic heterocycles. The highest BCUT2D eigenvalue weighted by Gasteiger charge is 2.32. The first-order chi connectivity index (χ1) is 7.54. The normalized spacial score (nSPS) is 20.1. The molecule has 3 N–H and O–H groups in total. The number of rotatable bonds is 7. The Morgan fingerprint density at radius 1 is 1.31 bits per heavy atom. The summed E-state index contributed by atoms with van der Waals surface area (Å²) in [6.45, 7) is 3.19. The average molecular weight is 248 g/mol. The van der Waals surface area contributed by atoms with Gasteiger partial charge in [-0.1, -0.05) is 19.8 Å². The molecule has 0 spiro atoms. The van der Waals surface area contributed by atoms with Crippen LogP contribution in [0.15, 0.2) is 0 Å². The van der Waals surface area contributed by atoms with Crippen LogP contribution in [0.1, 0.15) is 45.4 Å². The van der Waals surface area contributed by atoms with E-state index in [0.717, 1.165) is 19.3 Å². The summed E-state index contributed by atoms with van der Waals surface area (Å²) in [5, 5.41) is 0. The van der Waals surface area contributed by atoms with Crippen molar-refractivity contribution >= 4 is 10.0 Å². The number of hydrogen-bond donors (Lipinski definition) is 2. The number of nitrogens with one attached hydrogen (secondary N) is 1. The van der Waals surface area contributed by atoms with Crippen molar-refractivity contribution in [2.75, 3.05) is 18.8 Å². The Balaban J connectivity index is 2.43. The monoisotopic (exact) mass is 248 g/mol. The van der Waals surface area contributed by atoms with Crippen molar-refractivity contribution in [1.82, 2.24) is 4.72 Å². The van der Waals surface area contributed by atoms with Crippen LogP contribution in [0.4, 0.5) is 0 Å². The van der Waals surface area contributed by atoms with Gasteiger partial charge in [0, 0.05) is 6.54 Å². The number of sulfonamides is 1. The van der Waals surface area contributed by atoms with E-state index in [0.29, 0.717) is 19.5 Å². The molecule has 1 fully saturated rings. The molecule has 0 atom stereocenters. The van der Waals surface area contributed by atoms with Gasteiger partial charge in [0.1, 0.15) is 0 Å². The summed E-state index contributed by atoms with van der Waals surface area (Å²) >= 11 is 0. The van der Waals surface area contributed by atoms with Crippen LogP contribution in [0, 0.1) is 5.41 Å². The van der Waals surface area contributed by atoms with Crippen LogP contribution in [0.2, 0.25) is 0 Å². The van der Waals surface area contributed by atoms with Crippen molar-refractivity contribution in [1.29, 1.82) is 0 Å². The second kappa shape index (κ2) is 5.98. The fourth-order valence-corrected chi connectivity index (χ4v) is 3.61. The van der Waals surface area contributed by atoms with E-state index in [2.05, 4.69) is 11.6 Å². The van der Waals surface area contributed by atoms with E-state index in [1.807, 2.05) is 0 Å². The molecule has 1 saturated carbocycles. The second-order valence-corrected chi connectivity index (χ2v) is 6.77. The molecule has 5 heteroatoms. The Labute approximate surface area is 99.0 Å². The minimum absolute atomic E-state index is 0.156. The third-order valence-electron chi connectivity index (χ3n) is 3.70. The molecule has 0 amide bonds. The van der Waals surface area contributed by atoms with E-state index in [1.165, 1.54) is 12.8 Å². The maximum atomic E-state index is 11.6. The lowest BCUT2D eigenvalue weighted by Gasteiger charge is -2.27. The number of hydrogen-bond acceptors (Lipinski definition) is 3. The van der Waals surface area contributed by atoms with Gasteiger partial charge in [-0.3, -0.25) is 0 Å². The molecule has 1 aliphatic carbocycles. The molecule has 96 valence electrons.